The molecule has 5 heteroatoms. The molecule has 0 aromatic heterocycles. The molecule has 5 nitrogen and oxygen atoms in total. The molecule has 1 saturated heterocycles. The number of hydrogen-bond donors (Lipinski definition) is 0. The molecule has 2 aromatic carbocycles. The molecular formula is C26H36N2O3. The summed E-state index contributed by atoms with van der Waals surface area (Å²) in [5.74, 6) is 2.09. The molecule has 0 atom stereocenters. The summed E-state index contributed by atoms with van der Waals surface area (Å²) in [6, 6.07) is 16.3. The fourth-order valence-corrected chi connectivity index (χ4v) is 4.24. The number of benzene rings is 2. The summed E-state index contributed by atoms with van der Waals surface area (Å²) in [5, 5.41) is 0. The maximum Gasteiger partial charge on any atom is 0.226 e. The molecule has 168 valence electrons. The van der Waals surface area contributed by atoms with E-state index in [0.717, 1.165) is 68.9 Å². The van der Waals surface area contributed by atoms with Crippen molar-refractivity contribution in [3.8, 4) is 11.5 Å². The first-order valence-electron chi connectivity index (χ1n) is 11.4. The lowest BCUT2D eigenvalue weighted by Crippen LogP contribution is -2.42. The first-order chi connectivity index (χ1) is 15.1. The van der Waals surface area contributed by atoms with Crippen LogP contribution in [-0.2, 0) is 17.9 Å². The SMILES string of the molecule is CCCCN(Cc1ccccc1)C(=O)C1CCN(Cc2ccc(OC)cc2OC)CC1. The molecule has 1 aliphatic rings. The van der Waals surface area contributed by atoms with Crippen LogP contribution in [0, 0.1) is 5.92 Å². The molecule has 2 aromatic rings. The number of hydrogen-bond acceptors (Lipinski definition) is 4. The van der Waals surface area contributed by atoms with Crippen molar-refractivity contribution in [1.29, 1.82) is 0 Å². The van der Waals surface area contributed by atoms with Gasteiger partial charge in [-0.1, -0.05) is 49.7 Å². The molecule has 1 aliphatic heterocycles. The summed E-state index contributed by atoms with van der Waals surface area (Å²) in [6.45, 7) is 6.42. The van der Waals surface area contributed by atoms with Crippen molar-refractivity contribution in [2.24, 2.45) is 5.92 Å². The number of likely N-dealkylation sites (tertiary alicyclic amines) is 1. The van der Waals surface area contributed by atoms with E-state index in [0.29, 0.717) is 12.5 Å². The lowest BCUT2D eigenvalue weighted by Gasteiger charge is -2.34. The van der Waals surface area contributed by atoms with Gasteiger partial charge in [-0.2, -0.15) is 0 Å². The minimum absolute atomic E-state index is 0.120. The molecule has 0 bridgehead atoms. The summed E-state index contributed by atoms with van der Waals surface area (Å²) in [4.78, 5) is 17.8. The zero-order valence-electron chi connectivity index (χ0n) is 19.2. The van der Waals surface area contributed by atoms with Crippen LogP contribution >= 0.6 is 0 Å². The monoisotopic (exact) mass is 424 g/mol. The molecule has 1 heterocycles. The van der Waals surface area contributed by atoms with Crippen molar-refractivity contribution in [3.63, 3.8) is 0 Å². The number of rotatable bonds is 10. The van der Waals surface area contributed by atoms with Crippen molar-refractivity contribution in [1.82, 2.24) is 9.80 Å². The smallest absolute Gasteiger partial charge is 0.226 e. The Morgan fingerprint density at radius 2 is 1.81 bits per heavy atom. The largest absolute Gasteiger partial charge is 0.497 e. The standard InChI is InChI=1S/C26H36N2O3/c1-4-5-15-28(19-21-9-7-6-8-10-21)26(29)22-13-16-27(17-14-22)20-23-11-12-24(30-2)18-25(23)31-3/h6-12,18,22H,4-5,13-17,19-20H2,1-3H3. The fourth-order valence-electron chi connectivity index (χ4n) is 4.24. The summed E-state index contributed by atoms with van der Waals surface area (Å²) in [5.41, 5.74) is 2.36. The van der Waals surface area contributed by atoms with E-state index in [2.05, 4.69) is 34.9 Å². The van der Waals surface area contributed by atoms with E-state index in [9.17, 15) is 4.79 Å². The maximum absolute atomic E-state index is 13.3. The van der Waals surface area contributed by atoms with Crippen LogP contribution in [0.25, 0.3) is 0 Å². The van der Waals surface area contributed by atoms with E-state index in [1.807, 2.05) is 30.3 Å². The predicted octanol–water partition coefficient (Wildman–Crippen LogP) is 4.74. The molecule has 31 heavy (non-hydrogen) atoms. The van der Waals surface area contributed by atoms with Gasteiger partial charge in [-0.05, 0) is 44.0 Å². The lowest BCUT2D eigenvalue weighted by molar-refractivity contribution is -0.137. The van der Waals surface area contributed by atoms with Gasteiger partial charge in [0, 0.05) is 37.2 Å². The third-order valence-electron chi connectivity index (χ3n) is 6.13. The molecule has 1 amide bonds. The van der Waals surface area contributed by atoms with Crippen LogP contribution in [0.5, 0.6) is 11.5 Å². The van der Waals surface area contributed by atoms with Crippen LogP contribution < -0.4 is 9.47 Å². The summed E-state index contributed by atoms with van der Waals surface area (Å²) in [7, 11) is 3.36. The molecule has 0 radical (unpaired) electrons. The zero-order valence-corrected chi connectivity index (χ0v) is 19.2. The second kappa shape index (κ2) is 11.8. The van der Waals surface area contributed by atoms with Gasteiger partial charge in [0.1, 0.15) is 11.5 Å². The van der Waals surface area contributed by atoms with Crippen LogP contribution in [0.2, 0.25) is 0 Å². The fraction of sp³-hybridized carbons (Fsp3) is 0.500. The van der Waals surface area contributed by atoms with Gasteiger partial charge in [-0.3, -0.25) is 9.69 Å². The Labute approximate surface area is 187 Å². The first-order valence-corrected chi connectivity index (χ1v) is 11.4. The highest BCUT2D eigenvalue weighted by Gasteiger charge is 2.28. The van der Waals surface area contributed by atoms with Crippen LogP contribution in [0.15, 0.2) is 48.5 Å². The van der Waals surface area contributed by atoms with E-state index >= 15 is 0 Å². The minimum Gasteiger partial charge on any atom is -0.497 e. The number of ether oxygens (including phenoxy) is 2. The molecule has 3 rings (SSSR count). The second-order valence-electron chi connectivity index (χ2n) is 8.33. The van der Waals surface area contributed by atoms with Gasteiger partial charge in [0.05, 0.1) is 14.2 Å². The number of unbranched alkanes of at least 4 members (excludes halogenated alkanes) is 1. The van der Waals surface area contributed by atoms with Gasteiger partial charge in [0.2, 0.25) is 5.91 Å². The van der Waals surface area contributed by atoms with E-state index in [4.69, 9.17) is 9.47 Å². The van der Waals surface area contributed by atoms with Crippen molar-refractivity contribution in [3.05, 3.63) is 59.7 Å². The van der Waals surface area contributed by atoms with Crippen molar-refractivity contribution in [2.45, 2.75) is 45.7 Å². The highest BCUT2D eigenvalue weighted by Crippen LogP contribution is 2.28. The Hall–Kier alpha value is -2.53. The summed E-state index contributed by atoms with van der Waals surface area (Å²) in [6.07, 6.45) is 3.97. The van der Waals surface area contributed by atoms with Crippen LogP contribution in [0.4, 0.5) is 0 Å². The Kier molecular flexibility index (Phi) is 8.77. The molecule has 0 aliphatic carbocycles. The third kappa shape index (κ3) is 6.47. The minimum atomic E-state index is 0.120. The van der Waals surface area contributed by atoms with E-state index < -0.39 is 0 Å². The normalized spacial score (nSPS) is 14.9. The predicted molar refractivity (Wildman–Crippen MR) is 124 cm³/mol. The molecule has 0 spiro atoms. The average molecular weight is 425 g/mol. The summed E-state index contributed by atoms with van der Waals surface area (Å²) < 4.78 is 10.8. The molecule has 0 saturated carbocycles. The van der Waals surface area contributed by atoms with Gasteiger partial charge < -0.3 is 14.4 Å². The maximum atomic E-state index is 13.3. The van der Waals surface area contributed by atoms with Gasteiger partial charge in [-0.25, -0.2) is 0 Å². The van der Waals surface area contributed by atoms with E-state index in [-0.39, 0.29) is 5.92 Å². The molecule has 0 N–H and O–H groups in total. The molecule has 0 unspecified atom stereocenters. The topological polar surface area (TPSA) is 42.0 Å². The van der Waals surface area contributed by atoms with Gasteiger partial charge in [0.25, 0.3) is 0 Å². The molecular weight excluding hydrogens is 388 g/mol. The van der Waals surface area contributed by atoms with Crippen LogP contribution in [-0.4, -0.2) is 49.6 Å². The van der Waals surface area contributed by atoms with Crippen molar-refractivity contribution >= 4 is 5.91 Å². The van der Waals surface area contributed by atoms with E-state index in [1.54, 1.807) is 14.2 Å². The number of carbonyl (C=O) groups excluding carboxylic acids is 1. The number of nitrogens with zero attached hydrogens (tertiary/aromatic N) is 2. The Balaban J connectivity index is 1.57. The first kappa shape index (κ1) is 23.1. The quantitative estimate of drug-likeness (QED) is 0.552. The Bertz CT molecular complexity index is 817. The molecule has 1 fully saturated rings. The van der Waals surface area contributed by atoms with Crippen molar-refractivity contribution in [2.75, 3.05) is 33.9 Å². The van der Waals surface area contributed by atoms with E-state index in [1.165, 1.54) is 5.56 Å². The van der Waals surface area contributed by atoms with Gasteiger partial charge >= 0.3 is 0 Å². The second-order valence-corrected chi connectivity index (χ2v) is 8.33. The number of amides is 1. The number of methoxy groups -OCH3 is 2. The van der Waals surface area contributed by atoms with Crippen LogP contribution in [0.1, 0.15) is 43.7 Å². The summed E-state index contributed by atoms with van der Waals surface area (Å²) >= 11 is 0. The highest BCUT2D eigenvalue weighted by atomic mass is 16.5. The van der Waals surface area contributed by atoms with Crippen LogP contribution in [0.3, 0.4) is 0 Å². The van der Waals surface area contributed by atoms with Gasteiger partial charge in [-0.15, -0.1) is 0 Å². The Morgan fingerprint density at radius 3 is 2.45 bits per heavy atom. The number of piperidine rings is 1. The average Bonchev–Trinajstić information content (AvgIpc) is 2.82. The van der Waals surface area contributed by atoms with Gasteiger partial charge in [0.15, 0.2) is 0 Å². The lowest BCUT2D eigenvalue weighted by atomic mass is 9.94. The zero-order chi connectivity index (χ0) is 22.1. The number of carbonyl (C=O) groups is 1. The van der Waals surface area contributed by atoms with Crippen molar-refractivity contribution < 1.29 is 14.3 Å². The Morgan fingerprint density at radius 1 is 1.06 bits per heavy atom. The third-order valence-corrected chi connectivity index (χ3v) is 6.13. The highest BCUT2D eigenvalue weighted by molar-refractivity contribution is 5.79.